The molecular formula is C22H30B2F8N4O3Pd2. The molecule has 0 radical (unpaired) electrons. The molecule has 1 aromatic rings. The van der Waals surface area contributed by atoms with Crippen molar-refractivity contribution in [3.05, 3.63) is 53.8 Å². The van der Waals surface area contributed by atoms with Crippen molar-refractivity contribution in [3.8, 4) is 12.1 Å². The SMILES string of the molecule is CC#N.CC#N.CC(=O)/C=C([O-])/C=C(\[O-])c1ccccc1.F[B-](F)(F)F.F[B-](F)(F)F.N[C@@H]1CCCC[C@H]1N.[Pd+2].[Pd+2]. The van der Waals surface area contributed by atoms with E-state index in [0.717, 1.165) is 25.0 Å². The first kappa shape index (κ1) is 51.5. The van der Waals surface area contributed by atoms with Gasteiger partial charge in [-0.15, -0.1) is 11.5 Å². The average Bonchev–Trinajstić information content (AvgIpc) is 2.75. The maximum atomic E-state index is 11.4. The van der Waals surface area contributed by atoms with E-state index in [1.807, 2.05) is 0 Å². The molecule has 0 heterocycles. The number of benzene rings is 1. The number of ketones is 1. The van der Waals surface area contributed by atoms with Crippen LogP contribution in [0.2, 0.25) is 0 Å². The number of carbonyl (C=O) groups excluding carboxylic acids is 1. The van der Waals surface area contributed by atoms with Crippen molar-refractivity contribution < 1.29 is 90.4 Å². The summed E-state index contributed by atoms with van der Waals surface area (Å²) in [5.41, 5.74) is 11.7. The van der Waals surface area contributed by atoms with Crippen LogP contribution in [0.5, 0.6) is 0 Å². The van der Waals surface area contributed by atoms with Crippen LogP contribution in [0.15, 0.2) is 48.2 Å². The molecule has 41 heavy (non-hydrogen) atoms. The van der Waals surface area contributed by atoms with Gasteiger partial charge in [0.1, 0.15) is 0 Å². The van der Waals surface area contributed by atoms with Crippen LogP contribution in [0.25, 0.3) is 5.76 Å². The van der Waals surface area contributed by atoms with Gasteiger partial charge in [-0.3, -0.25) is 4.79 Å². The summed E-state index contributed by atoms with van der Waals surface area (Å²) < 4.78 is 78.0. The first-order chi connectivity index (χ1) is 17.7. The quantitative estimate of drug-likeness (QED) is 0.153. The zero-order chi connectivity index (χ0) is 31.7. The van der Waals surface area contributed by atoms with E-state index in [2.05, 4.69) is 0 Å². The monoisotopic (exact) mass is 784 g/mol. The van der Waals surface area contributed by atoms with Crippen molar-refractivity contribution in [2.24, 2.45) is 11.5 Å². The molecule has 1 aliphatic rings. The molecule has 238 valence electrons. The summed E-state index contributed by atoms with van der Waals surface area (Å²) in [7, 11) is -12.0. The molecule has 0 spiro atoms. The van der Waals surface area contributed by atoms with E-state index in [0.29, 0.717) is 5.56 Å². The molecule has 0 saturated heterocycles. The summed E-state index contributed by atoms with van der Waals surface area (Å²) in [5.74, 6) is -1.33. The number of allylic oxidation sites excluding steroid dienone is 2. The minimum absolute atomic E-state index is 0. The van der Waals surface area contributed by atoms with Crippen molar-refractivity contribution in [2.75, 3.05) is 0 Å². The van der Waals surface area contributed by atoms with Crippen molar-refractivity contribution in [1.29, 1.82) is 10.5 Å². The minimum Gasteiger partial charge on any atom is -0.872 e. The molecule has 1 saturated carbocycles. The number of hydrogen-bond acceptors (Lipinski definition) is 7. The zero-order valence-corrected chi connectivity index (χ0v) is 25.2. The zero-order valence-electron chi connectivity index (χ0n) is 22.1. The largest absolute Gasteiger partial charge is 2.00 e. The molecule has 2 rings (SSSR count). The van der Waals surface area contributed by atoms with Crippen LogP contribution >= 0.6 is 0 Å². The molecule has 0 bridgehead atoms. The summed E-state index contributed by atoms with van der Waals surface area (Å²) in [6.45, 7) is 4.12. The fraction of sp³-hybridized carbons (Fsp3) is 0.409. The van der Waals surface area contributed by atoms with E-state index in [9.17, 15) is 49.5 Å². The van der Waals surface area contributed by atoms with Gasteiger partial charge in [-0.1, -0.05) is 49.2 Å². The van der Waals surface area contributed by atoms with Crippen LogP contribution in [0.1, 0.15) is 52.0 Å². The number of hydrogen-bond donors (Lipinski definition) is 2. The number of nitrogens with zero attached hydrogens (tertiary/aromatic N) is 2. The Bertz CT molecular complexity index is 883. The van der Waals surface area contributed by atoms with Gasteiger partial charge in [0, 0.05) is 25.9 Å². The third-order valence-corrected chi connectivity index (χ3v) is 3.55. The van der Waals surface area contributed by atoms with Gasteiger partial charge in [-0.2, -0.15) is 10.5 Å². The molecule has 19 heteroatoms. The first-order valence-electron chi connectivity index (χ1n) is 10.9. The van der Waals surface area contributed by atoms with Gasteiger partial charge in [0.25, 0.3) is 0 Å². The Morgan fingerprint density at radius 1 is 0.829 bits per heavy atom. The molecule has 0 amide bonds. The van der Waals surface area contributed by atoms with Crippen LogP contribution in [-0.4, -0.2) is 32.4 Å². The molecule has 1 aromatic carbocycles. The van der Waals surface area contributed by atoms with Gasteiger partial charge in [-0.05, 0) is 31.4 Å². The Kier molecular flexibility index (Phi) is 38.6. The molecule has 0 unspecified atom stereocenters. The van der Waals surface area contributed by atoms with Crippen molar-refractivity contribution in [1.82, 2.24) is 0 Å². The number of halogens is 8. The molecule has 2 atom stereocenters. The number of nitriles is 2. The Morgan fingerprint density at radius 2 is 1.12 bits per heavy atom. The summed E-state index contributed by atoms with van der Waals surface area (Å²) in [5, 5.41) is 37.2. The minimum atomic E-state index is -6.00. The number of nitrogens with two attached hydrogens (primary N) is 2. The summed E-state index contributed by atoms with van der Waals surface area (Å²) in [6.07, 6.45) is 6.60. The Hall–Kier alpha value is -2.24. The smallest absolute Gasteiger partial charge is 0.872 e. The molecule has 4 N–H and O–H groups in total. The molecule has 1 fully saturated rings. The Balaban J connectivity index is -0.000000100. The second kappa shape index (κ2) is 30.7. The first-order valence-corrected chi connectivity index (χ1v) is 10.9. The maximum absolute atomic E-state index is 11.4. The molecule has 0 aliphatic heterocycles. The van der Waals surface area contributed by atoms with E-state index in [1.54, 1.807) is 42.5 Å². The Labute approximate surface area is 262 Å². The molecule has 7 nitrogen and oxygen atoms in total. The third-order valence-electron chi connectivity index (χ3n) is 3.55. The van der Waals surface area contributed by atoms with Gasteiger partial charge in [0.2, 0.25) is 0 Å². The van der Waals surface area contributed by atoms with Gasteiger partial charge in [-0.25, -0.2) is 0 Å². The average molecular weight is 785 g/mol. The van der Waals surface area contributed by atoms with Gasteiger partial charge < -0.3 is 56.2 Å². The summed E-state index contributed by atoms with van der Waals surface area (Å²) >= 11 is 0. The van der Waals surface area contributed by atoms with Gasteiger partial charge in [0.05, 0.1) is 12.1 Å². The van der Waals surface area contributed by atoms with E-state index in [-0.39, 0.29) is 58.7 Å². The van der Waals surface area contributed by atoms with Crippen LogP contribution in [0.4, 0.5) is 34.5 Å². The van der Waals surface area contributed by atoms with Gasteiger partial charge >= 0.3 is 55.4 Å². The van der Waals surface area contributed by atoms with Crippen molar-refractivity contribution in [2.45, 2.75) is 58.5 Å². The van der Waals surface area contributed by atoms with Crippen LogP contribution < -0.4 is 21.7 Å². The summed E-state index contributed by atoms with van der Waals surface area (Å²) in [4.78, 5) is 10.6. The van der Waals surface area contributed by atoms with Crippen molar-refractivity contribution in [3.63, 3.8) is 0 Å². The summed E-state index contributed by atoms with van der Waals surface area (Å²) in [6, 6.07) is 12.5. The fourth-order valence-electron chi connectivity index (χ4n) is 2.25. The third kappa shape index (κ3) is 58.4. The normalized spacial score (nSPS) is 15.7. The molecular weight excluding hydrogens is 755 g/mol. The predicted octanol–water partition coefficient (Wildman–Crippen LogP) is 4.09. The fourth-order valence-corrected chi connectivity index (χ4v) is 2.25. The standard InChI is InChI=1S/C12H12O3.C6H14N2.2C2H3N.2BF4.2Pd/c1-9(13)7-11(14)8-12(15)10-5-3-2-4-6-10;7-5-3-1-2-4-6(5)8;2*1-2-3;2*2-1(3,4)5;;/h2-8,14-15H,1H3;5-6H,1-4,7-8H2;2*1H3;;;;/q;;;;2*-1;2*+2/p-2/b11-7-,12-8-;;;;;;;/t;5-,6-;;;;;;/m.1....../s1. The number of rotatable bonds is 3. The second-order valence-electron chi connectivity index (χ2n) is 7.08. The predicted molar refractivity (Wildman–Crippen MR) is 131 cm³/mol. The van der Waals surface area contributed by atoms with Crippen LogP contribution in [0, 0.1) is 22.7 Å². The van der Waals surface area contributed by atoms with Crippen LogP contribution in [0.3, 0.4) is 0 Å². The van der Waals surface area contributed by atoms with Crippen LogP contribution in [-0.2, 0) is 45.6 Å². The topological polar surface area (TPSA) is 163 Å². The van der Waals surface area contributed by atoms with E-state index < -0.39 is 26.0 Å². The van der Waals surface area contributed by atoms with E-state index in [4.69, 9.17) is 22.0 Å². The van der Waals surface area contributed by atoms with Crippen molar-refractivity contribution >= 4 is 26.1 Å². The maximum Gasteiger partial charge on any atom is 2.00 e. The second-order valence-corrected chi connectivity index (χ2v) is 7.08. The molecule has 1 aliphatic carbocycles. The van der Waals surface area contributed by atoms with E-state index >= 15 is 0 Å². The van der Waals surface area contributed by atoms with E-state index in [1.165, 1.54) is 33.6 Å². The number of carbonyl (C=O) groups is 1. The Morgan fingerprint density at radius 3 is 1.37 bits per heavy atom. The molecule has 0 aromatic heterocycles. The van der Waals surface area contributed by atoms with Gasteiger partial charge in [0.15, 0.2) is 5.78 Å².